The van der Waals surface area contributed by atoms with Gasteiger partial charge in [-0.05, 0) is 37.0 Å². The van der Waals surface area contributed by atoms with Gasteiger partial charge in [-0.3, -0.25) is 4.79 Å². The van der Waals surface area contributed by atoms with Gasteiger partial charge in [-0.1, -0.05) is 25.8 Å². The average Bonchev–Trinajstić information content (AvgIpc) is 2.87. The summed E-state index contributed by atoms with van der Waals surface area (Å²) in [6.45, 7) is 2.18. The van der Waals surface area contributed by atoms with Crippen molar-refractivity contribution >= 4 is 16.8 Å². The average molecular weight is 274 g/mol. The molecule has 2 N–H and O–H groups in total. The number of fused-ring (bicyclic) bond motifs is 1. The molecule has 0 spiro atoms. The normalized spacial score (nSPS) is 22.9. The molecule has 1 aromatic heterocycles. The Labute approximate surface area is 117 Å². The minimum absolute atomic E-state index is 0.139. The topological polar surface area (TPSA) is 44.9 Å². The largest absolute Gasteiger partial charge is 0.350 e. The SMILES string of the molecule is C[C@H]1CCCC[C@H]1NC(=O)c1cc2c(F)cccc2[nH]1. The molecule has 0 saturated heterocycles. The number of benzene rings is 1. The van der Waals surface area contributed by atoms with Crippen LogP contribution in [0.2, 0.25) is 0 Å². The number of hydrogen-bond donors (Lipinski definition) is 2. The Morgan fingerprint density at radius 1 is 1.35 bits per heavy atom. The number of aromatic nitrogens is 1. The lowest BCUT2D eigenvalue weighted by atomic mass is 9.86. The predicted octanol–water partition coefficient (Wildman–Crippen LogP) is 3.62. The monoisotopic (exact) mass is 274 g/mol. The zero-order valence-corrected chi connectivity index (χ0v) is 11.6. The molecule has 1 aromatic carbocycles. The van der Waals surface area contributed by atoms with Gasteiger partial charge in [-0.25, -0.2) is 4.39 Å². The smallest absolute Gasteiger partial charge is 0.267 e. The summed E-state index contributed by atoms with van der Waals surface area (Å²) in [5.41, 5.74) is 1.09. The van der Waals surface area contributed by atoms with Crippen molar-refractivity contribution in [3.05, 3.63) is 35.8 Å². The predicted molar refractivity (Wildman–Crippen MR) is 77.1 cm³/mol. The highest BCUT2D eigenvalue weighted by molar-refractivity contribution is 5.98. The molecule has 0 bridgehead atoms. The highest BCUT2D eigenvalue weighted by atomic mass is 19.1. The maximum atomic E-state index is 13.6. The summed E-state index contributed by atoms with van der Waals surface area (Å²) in [5, 5.41) is 3.54. The van der Waals surface area contributed by atoms with E-state index in [-0.39, 0.29) is 17.8 Å². The highest BCUT2D eigenvalue weighted by Crippen LogP contribution is 2.24. The Morgan fingerprint density at radius 3 is 2.90 bits per heavy atom. The molecule has 3 nitrogen and oxygen atoms in total. The molecule has 4 heteroatoms. The van der Waals surface area contributed by atoms with Gasteiger partial charge in [0.25, 0.3) is 5.91 Å². The molecule has 1 amide bonds. The molecular formula is C16H19FN2O. The third-order valence-electron chi connectivity index (χ3n) is 4.28. The Morgan fingerprint density at radius 2 is 2.15 bits per heavy atom. The number of halogens is 1. The van der Waals surface area contributed by atoms with Crippen LogP contribution in [0, 0.1) is 11.7 Å². The first-order chi connectivity index (χ1) is 9.65. The van der Waals surface area contributed by atoms with Crippen molar-refractivity contribution in [1.29, 1.82) is 0 Å². The Kier molecular flexibility index (Phi) is 3.47. The lowest BCUT2D eigenvalue weighted by Crippen LogP contribution is -2.41. The minimum Gasteiger partial charge on any atom is -0.350 e. The summed E-state index contributed by atoms with van der Waals surface area (Å²) >= 11 is 0. The summed E-state index contributed by atoms with van der Waals surface area (Å²) in [6, 6.07) is 6.64. The van der Waals surface area contributed by atoms with Gasteiger partial charge in [0, 0.05) is 16.9 Å². The fourth-order valence-electron chi connectivity index (χ4n) is 3.02. The maximum absolute atomic E-state index is 13.6. The van der Waals surface area contributed by atoms with Crippen molar-refractivity contribution in [3.8, 4) is 0 Å². The van der Waals surface area contributed by atoms with E-state index in [1.165, 1.54) is 12.5 Å². The number of carbonyl (C=O) groups excluding carboxylic acids is 1. The van der Waals surface area contributed by atoms with E-state index in [0.29, 0.717) is 22.5 Å². The molecule has 1 saturated carbocycles. The van der Waals surface area contributed by atoms with Crippen LogP contribution in [0.15, 0.2) is 24.3 Å². The number of amides is 1. The van der Waals surface area contributed by atoms with Gasteiger partial charge < -0.3 is 10.3 Å². The van der Waals surface area contributed by atoms with Crippen LogP contribution in [0.3, 0.4) is 0 Å². The number of nitrogens with one attached hydrogen (secondary N) is 2. The standard InChI is InChI=1S/C16H19FN2O/c1-10-5-2-3-7-13(10)19-16(20)15-9-11-12(17)6-4-8-14(11)18-15/h4,6,8-10,13,18H,2-3,5,7H2,1H3,(H,19,20)/t10-,13+/m0/s1. The number of aromatic amines is 1. The molecule has 106 valence electrons. The van der Waals surface area contributed by atoms with Crippen LogP contribution in [0.4, 0.5) is 4.39 Å². The molecule has 1 fully saturated rings. The van der Waals surface area contributed by atoms with E-state index in [1.54, 1.807) is 18.2 Å². The third kappa shape index (κ3) is 2.42. The number of hydrogen-bond acceptors (Lipinski definition) is 1. The zero-order chi connectivity index (χ0) is 14.1. The van der Waals surface area contributed by atoms with Gasteiger partial charge in [0.05, 0.1) is 0 Å². The molecule has 3 rings (SSSR count). The van der Waals surface area contributed by atoms with Crippen molar-refractivity contribution in [2.45, 2.75) is 38.6 Å². The Balaban J connectivity index is 1.80. The fourth-order valence-corrected chi connectivity index (χ4v) is 3.02. The van der Waals surface area contributed by atoms with E-state index in [1.807, 2.05) is 0 Å². The van der Waals surface area contributed by atoms with Crippen molar-refractivity contribution in [1.82, 2.24) is 10.3 Å². The van der Waals surface area contributed by atoms with Crippen LogP contribution < -0.4 is 5.32 Å². The molecule has 1 aliphatic carbocycles. The molecule has 1 aliphatic rings. The molecule has 2 aromatic rings. The van der Waals surface area contributed by atoms with E-state index in [9.17, 15) is 9.18 Å². The molecule has 0 aliphatic heterocycles. The van der Waals surface area contributed by atoms with E-state index < -0.39 is 0 Å². The van der Waals surface area contributed by atoms with E-state index in [4.69, 9.17) is 0 Å². The van der Waals surface area contributed by atoms with Crippen molar-refractivity contribution in [2.75, 3.05) is 0 Å². The third-order valence-corrected chi connectivity index (χ3v) is 4.28. The molecular weight excluding hydrogens is 255 g/mol. The molecule has 2 atom stereocenters. The highest BCUT2D eigenvalue weighted by Gasteiger charge is 2.23. The summed E-state index contributed by atoms with van der Waals surface area (Å²) in [4.78, 5) is 15.3. The van der Waals surface area contributed by atoms with Gasteiger partial charge in [0.1, 0.15) is 11.5 Å². The van der Waals surface area contributed by atoms with Crippen LogP contribution in [0.25, 0.3) is 10.9 Å². The molecule has 1 heterocycles. The van der Waals surface area contributed by atoms with E-state index >= 15 is 0 Å². The second kappa shape index (κ2) is 5.27. The number of rotatable bonds is 2. The van der Waals surface area contributed by atoms with Crippen molar-refractivity contribution < 1.29 is 9.18 Å². The fraction of sp³-hybridized carbons (Fsp3) is 0.438. The Hall–Kier alpha value is -1.84. The summed E-state index contributed by atoms with van der Waals surface area (Å²) in [5.74, 6) is 0.0667. The number of carbonyl (C=O) groups is 1. The van der Waals surface area contributed by atoms with Gasteiger partial charge in [0.2, 0.25) is 0 Å². The summed E-state index contributed by atoms with van der Waals surface area (Å²) in [7, 11) is 0. The lowest BCUT2D eigenvalue weighted by Gasteiger charge is -2.29. The van der Waals surface area contributed by atoms with Crippen LogP contribution in [0.1, 0.15) is 43.1 Å². The minimum atomic E-state index is -0.302. The molecule has 0 radical (unpaired) electrons. The van der Waals surface area contributed by atoms with Gasteiger partial charge in [-0.2, -0.15) is 0 Å². The first kappa shape index (κ1) is 13.2. The van der Waals surface area contributed by atoms with Crippen LogP contribution in [-0.2, 0) is 0 Å². The van der Waals surface area contributed by atoms with Crippen molar-refractivity contribution in [3.63, 3.8) is 0 Å². The van der Waals surface area contributed by atoms with E-state index in [2.05, 4.69) is 17.2 Å². The second-order valence-electron chi connectivity index (χ2n) is 5.73. The first-order valence-electron chi connectivity index (χ1n) is 7.23. The van der Waals surface area contributed by atoms with Crippen molar-refractivity contribution in [2.24, 2.45) is 5.92 Å². The van der Waals surface area contributed by atoms with Crippen LogP contribution in [-0.4, -0.2) is 16.9 Å². The van der Waals surface area contributed by atoms with Crippen LogP contribution in [0.5, 0.6) is 0 Å². The molecule has 20 heavy (non-hydrogen) atoms. The summed E-state index contributed by atoms with van der Waals surface area (Å²) < 4.78 is 13.6. The number of H-pyrrole nitrogens is 1. The molecule has 0 unspecified atom stereocenters. The van der Waals surface area contributed by atoms with Gasteiger partial charge in [0.15, 0.2) is 0 Å². The first-order valence-corrected chi connectivity index (χ1v) is 7.23. The van der Waals surface area contributed by atoms with Crippen LogP contribution >= 0.6 is 0 Å². The van der Waals surface area contributed by atoms with E-state index in [0.717, 1.165) is 19.3 Å². The van der Waals surface area contributed by atoms with Gasteiger partial charge in [-0.15, -0.1) is 0 Å². The lowest BCUT2D eigenvalue weighted by molar-refractivity contribution is 0.0906. The quantitative estimate of drug-likeness (QED) is 0.863. The zero-order valence-electron chi connectivity index (χ0n) is 11.6. The Bertz CT molecular complexity index is 634. The summed E-state index contributed by atoms with van der Waals surface area (Å²) in [6.07, 6.45) is 4.59. The maximum Gasteiger partial charge on any atom is 0.267 e. The van der Waals surface area contributed by atoms with Gasteiger partial charge >= 0.3 is 0 Å². The second-order valence-corrected chi connectivity index (χ2v) is 5.73.